The van der Waals surface area contributed by atoms with Gasteiger partial charge in [0.2, 0.25) is 5.95 Å². The number of nitrogens with one attached hydrogen (secondary N) is 2. The Morgan fingerprint density at radius 2 is 2.24 bits per heavy atom. The normalized spacial score (nSPS) is 10.8. The fraction of sp³-hybridized carbons (Fsp3) is 0.0667. The van der Waals surface area contributed by atoms with Crippen molar-refractivity contribution in [3.63, 3.8) is 0 Å². The molecular formula is C15H12N8OS. The van der Waals surface area contributed by atoms with Crippen molar-refractivity contribution in [2.75, 3.05) is 5.32 Å². The lowest BCUT2D eigenvalue weighted by Gasteiger charge is -1.96. The molecule has 4 aromatic heterocycles. The summed E-state index contributed by atoms with van der Waals surface area (Å²) < 4.78 is 1.68. The second-order valence-corrected chi connectivity index (χ2v) is 5.98. The third kappa shape index (κ3) is 3.15. The van der Waals surface area contributed by atoms with E-state index in [9.17, 15) is 4.79 Å². The molecule has 0 bridgehead atoms. The van der Waals surface area contributed by atoms with Gasteiger partial charge in [-0.15, -0.1) is 16.4 Å². The van der Waals surface area contributed by atoms with Crippen LogP contribution in [0, 0.1) is 0 Å². The minimum Gasteiger partial charge on any atom is -0.288 e. The molecule has 0 aliphatic carbocycles. The SMILES string of the molecule is Cn1cc(-c2nc(C(=O)Nc3n[nH]c(-c4ccccn4)n3)cs2)cn1. The predicted octanol–water partition coefficient (Wildman–Crippen LogP) is 1.98. The van der Waals surface area contributed by atoms with Crippen molar-refractivity contribution >= 4 is 23.2 Å². The number of aromatic amines is 1. The number of amides is 1. The number of aromatic nitrogens is 7. The first-order valence-corrected chi connectivity index (χ1v) is 8.17. The van der Waals surface area contributed by atoms with E-state index in [2.05, 4.69) is 35.6 Å². The van der Waals surface area contributed by atoms with Gasteiger partial charge in [0.25, 0.3) is 5.91 Å². The maximum atomic E-state index is 12.3. The van der Waals surface area contributed by atoms with Gasteiger partial charge in [-0.05, 0) is 12.1 Å². The van der Waals surface area contributed by atoms with E-state index in [0.717, 1.165) is 10.6 Å². The molecule has 0 radical (unpaired) electrons. The monoisotopic (exact) mass is 352 g/mol. The van der Waals surface area contributed by atoms with Crippen molar-refractivity contribution < 1.29 is 4.79 Å². The van der Waals surface area contributed by atoms with Gasteiger partial charge in [0.05, 0.1) is 6.20 Å². The summed E-state index contributed by atoms with van der Waals surface area (Å²) in [6, 6.07) is 5.45. The third-order valence-corrected chi connectivity index (χ3v) is 4.20. The molecular weight excluding hydrogens is 340 g/mol. The molecule has 10 heteroatoms. The Balaban J connectivity index is 1.49. The zero-order valence-corrected chi connectivity index (χ0v) is 13.9. The summed E-state index contributed by atoms with van der Waals surface area (Å²) in [6.07, 6.45) is 5.20. The summed E-state index contributed by atoms with van der Waals surface area (Å²) in [5, 5.41) is 15.9. The van der Waals surface area contributed by atoms with Gasteiger partial charge < -0.3 is 0 Å². The minimum absolute atomic E-state index is 0.168. The summed E-state index contributed by atoms with van der Waals surface area (Å²) in [4.78, 5) is 25.0. The van der Waals surface area contributed by atoms with Gasteiger partial charge in [-0.25, -0.2) is 4.98 Å². The first-order chi connectivity index (χ1) is 12.2. The van der Waals surface area contributed by atoms with Gasteiger partial charge >= 0.3 is 0 Å². The Hall–Kier alpha value is -3.40. The van der Waals surface area contributed by atoms with Crippen LogP contribution in [0.4, 0.5) is 5.95 Å². The number of pyridine rings is 1. The summed E-state index contributed by atoms with van der Waals surface area (Å²) in [5.41, 5.74) is 1.80. The lowest BCUT2D eigenvalue weighted by atomic mass is 10.3. The van der Waals surface area contributed by atoms with E-state index >= 15 is 0 Å². The topological polar surface area (TPSA) is 114 Å². The van der Waals surface area contributed by atoms with Gasteiger partial charge in [0, 0.05) is 30.4 Å². The number of H-pyrrole nitrogens is 1. The van der Waals surface area contributed by atoms with Crippen LogP contribution in [0.2, 0.25) is 0 Å². The number of carbonyl (C=O) groups is 1. The number of hydrogen-bond donors (Lipinski definition) is 2. The fourth-order valence-electron chi connectivity index (χ4n) is 2.14. The van der Waals surface area contributed by atoms with Crippen LogP contribution in [-0.4, -0.2) is 40.8 Å². The quantitative estimate of drug-likeness (QED) is 0.580. The maximum absolute atomic E-state index is 12.3. The molecule has 0 fully saturated rings. The number of carbonyl (C=O) groups excluding carboxylic acids is 1. The standard InChI is InChI=1S/C15H12N8OS/c1-23-7-9(6-17-23)14-18-11(8-25-14)13(24)20-15-19-12(21-22-15)10-4-2-3-5-16-10/h2-8H,1H3,(H2,19,20,21,22,24). The number of hydrogen-bond acceptors (Lipinski definition) is 7. The summed E-state index contributed by atoms with van der Waals surface area (Å²) in [5.74, 6) is 0.268. The van der Waals surface area contributed by atoms with Crippen molar-refractivity contribution in [1.82, 2.24) is 34.9 Å². The van der Waals surface area contributed by atoms with E-state index in [-0.39, 0.29) is 11.9 Å². The zero-order chi connectivity index (χ0) is 17.2. The van der Waals surface area contributed by atoms with E-state index in [1.54, 1.807) is 28.5 Å². The van der Waals surface area contributed by atoms with Crippen LogP contribution in [0.25, 0.3) is 22.1 Å². The fourth-order valence-corrected chi connectivity index (χ4v) is 2.92. The molecule has 0 saturated carbocycles. The van der Waals surface area contributed by atoms with Gasteiger partial charge in [-0.1, -0.05) is 6.07 Å². The van der Waals surface area contributed by atoms with Crippen molar-refractivity contribution in [3.8, 4) is 22.1 Å². The molecule has 124 valence electrons. The first kappa shape index (κ1) is 15.1. The number of anilines is 1. The van der Waals surface area contributed by atoms with E-state index < -0.39 is 0 Å². The van der Waals surface area contributed by atoms with E-state index in [1.165, 1.54) is 11.3 Å². The summed E-state index contributed by atoms with van der Waals surface area (Å²) in [6.45, 7) is 0. The molecule has 0 aromatic carbocycles. The van der Waals surface area contributed by atoms with Gasteiger partial charge in [-0.3, -0.25) is 24.9 Å². The molecule has 0 spiro atoms. The average molecular weight is 352 g/mol. The number of rotatable bonds is 4. The highest BCUT2D eigenvalue weighted by atomic mass is 32.1. The Morgan fingerprint density at radius 3 is 3.00 bits per heavy atom. The van der Waals surface area contributed by atoms with Gasteiger partial charge in [-0.2, -0.15) is 10.1 Å². The summed E-state index contributed by atoms with van der Waals surface area (Å²) >= 11 is 1.37. The summed E-state index contributed by atoms with van der Waals surface area (Å²) in [7, 11) is 1.83. The Morgan fingerprint density at radius 1 is 1.32 bits per heavy atom. The molecule has 9 nitrogen and oxygen atoms in total. The second-order valence-electron chi connectivity index (χ2n) is 5.12. The highest BCUT2D eigenvalue weighted by Gasteiger charge is 2.15. The number of thiazole rings is 1. The van der Waals surface area contributed by atoms with E-state index in [1.807, 2.05) is 25.4 Å². The van der Waals surface area contributed by atoms with Crippen LogP contribution in [0.3, 0.4) is 0 Å². The maximum Gasteiger partial charge on any atom is 0.277 e. The van der Waals surface area contributed by atoms with Crippen LogP contribution in [0.15, 0.2) is 42.2 Å². The molecule has 1 amide bonds. The second kappa shape index (κ2) is 6.24. The predicted molar refractivity (Wildman–Crippen MR) is 91.9 cm³/mol. The molecule has 0 saturated heterocycles. The molecule has 0 aliphatic heterocycles. The number of aryl methyl sites for hydroxylation is 1. The average Bonchev–Trinajstić information content (AvgIpc) is 3.35. The number of nitrogens with zero attached hydrogens (tertiary/aromatic N) is 6. The van der Waals surface area contributed by atoms with Crippen molar-refractivity contribution in [1.29, 1.82) is 0 Å². The molecule has 0 unspecified atom stereocenters. The molecule has 2 N–H and O–H groups in total. The molecule has 0 aliphatic rings. The molecule has 0 atom stereocenters. The molecule has 4 rings (SSSR count). The molecule has 4 heterocycles. The van der Waals surface area contributed by atoms with E-state index in [0.29, 0.717) is 17.2 Å². The van der Waals surface area contributed by atoms with Crippen LogP contribution < -0.4 is 5.32 Å². The van der Waals surface area contributed by atoms with Gasteiger partial charge in [0.15, 0.2) is 5.82 Å². The highest BCUT2D eigenvalue weighted by molar-refractivity contribution is 7.13. The lowest BCUT2D eigenvalue weighted by molar-refractivity contribution is 0.102. The van der Waals surface area contributed by atoms with Crippen LogP contribution in [0.5, 0.6) is 0 Å². The largest absolute Gasteiger partial charge is 0.288 e. The first-order valence-electron chi connectivity index (χ1n) is 7.29. The minimum atomic E-state index is -0.377. The van der Waals surface area contributed by atoms with Crippen LogP contribution in [0.1, 0.15) is 10.5 Å². The van der Waals surface area contributed by atoms with Crippen LogP contribution >= 0.6 is 11.3 Å². The van der Waals surface area contributed by atoms with Crippen molar-refractivity contribution in [2.24, 2.45) is 7.05 Å². The Kier molecular flexibility index (Phi) is 3.78. The van der Waals surface area contributed by atoms with Crippen LogP contribution in [-0.2, 0) is 7.05 Å². The molecule has 25 heavy (non-hydrogen) atoms. The highest BCUT2D eigenvalue weighted by Crippen LogP contribution is 2.23. The molecule has 4 aromatic rings. The van der Waals surface area contributed by atoms with E-state index in [4.69, 9.17) is 0 Å². The van der Waals surface area contributed by atoms with Crippen molar-refractivity contribution in [3.05, 3.63) is 47.9 Å². The zero-order valence-electron chi connectivity index (χ0n) is 13.0. The van der Waals surface area contributed by atoms with Crippen molar-refractivity contribution in [2.45, 2.75) is 0 Å². The third-order valence-electron chi connectivity index (χ3n) is 3.31. The lowest BCUT2D eigenvalue weighted by Crippen LogP contribution is -2.13. The smallest absolute Gasteiger partial charge is 0.277 e. The van der Waals surface area contributed by atoms with Gasteiger partial charge in [0.1, 0.15) is 16.4 Å². The Labute approximate surface area is 145 Å². The Bertz CT molecular complexity index is 1020.